The van der Waals surface area contributed by atoms with Crippen LogP contribution in [-0.4, -0.2) is 48.4 Å². The molecule has 1 aliphatic rings. The molecule has 0 spiro atoms. The van der Waals surface area contributed by atoms with E-state index in [0.717, 1.165) is 34.0 Å². The van der Waals surface area contributed by atoms with Crippen LogP contribution in [0.15, 0.2) is 54.6 Å². The second-order valence-electron chi connectivity index (χ2n) is 9.19. The Morgan fingerprint density at radius 1 is 1.14 bits per heavy atom. The Kier molecular flexibility index (Phi) is 6.42. The highest BCUT2D eigenvalue weighted by Gasteiger charge is 2.28. The number of benzene rings is 2. The van der Waals surface area contributed by atoms with E-state index in [0.29, 0.717) is 41.4 Å². The SMILES string of the molecule is CC(C)(NC(=O)c1ccccc1)c1cc2nc(-c3cccc(N)c3C=N)nc(N3CCOCC3)c2s1. The number of rotatable bonds is 6. The number of amides is 1. The van der Waals surface area contributed by atoms with Crippen molar-refractivity contribution >= 4 is 45.2 Å². The van der Waals surface area contributed by atoms with Crippen LogP contribution in [0.2, 0.25) is 0 Å². The predicted molar refractivity (Wildman–Crippen MR) is 145 cm³/mol. The Labute approximate surface area is 213 Å². The van der Waals surface area contributed by atoms with Crippen molar-refractivity contribution < 1.29 is 9.53 Å². The van der Waals surface area contributed by atoms with Gasteiger partial charge in [-0.25, -0.2) is 9.97 Å². The first-order valence-electron chi connectivity index (χ1n) is 11.8. The summed E-state index contributed by atoms with van der Waals surface area (Å²) in [6, 6.07) is 16.7. The van der Waals surface area contributed by atoms with Crippen LogP contribution in [-0.2, 0) is 10.3 Å². The number of nitrogens with one attached hydrogen (secondary N) is 2. The summed E-state index contributed by atoms with van der Waals surface area (Å²) in [6.45, 7) is 6.69. The van der Waals surface area contributed by atoms with E-state index in [4.69, 9.17) is 25.8 Å². The monoisotopic (exact) mass is 500 g/mol. The third kappa shape index (κ3) is 4.55. The number of hydrogen-bond donors (Lipinski definition) is 3. The number of aromatic nitrogens is 2. The number of carbonyl (C=O) groups is 1. The van der Waals surface area contributed by atoms with Crippen molar-refractivity contribution in [2.45, 2.75) is 19.4 Å². The van der Waals surface area contributed by atoms with Gasteiger partial charge in [0.15, 0.2) is 11.6 Å². The number of morpholine rings is 1. The van der Waals surface area contributed by atoms with E-state index < -0.39 is 5.54 Å². The molecular formula is C27H28N6O2S. The van der Waals surface area contributed by atoms with Gasteiger partial charge in [0.05, 0.1) is 29.0 Å². The van der Waals surface area contributed by atoms with E-state index in [1.165, 1.54) is 6.21 Å². The molecule has 1 saturated heterocycles. The number of ether oxygens (including phenoxy) is 1. The highest BCUT2D eigenvalue weighted by molar-refractivity contribution is 7.19. The number of nitrogens with two attached hydrogens (primary N) is 1. The molecule has 184 valence electrons. The van der Waals surface area contributed by atoms with E-state index in [1.54, 1.807) is 29.5 Å². The molecule has 0 aliphatic carbocycles. The fourth-order valence-electron chi connectivity index (χ4n) is 4.28. The van der Waals surface area contributed by atoms with Crippen molar-refractivity contribution in [2.24, 2.45) is 0 Å². The largest absolute Gasteiger partial charge is 0.398 e. The second-order valence-corrected chi connectivity index (χ2v) is 10.2. The van der Waals surface area contributed by atoms with Crippen molar-refractivity contribution in [3.05, 3.63) is 70.6 Å². The van der Waals surface area contributed by atoms with Crippen LogP contribution in [0.3, 0.4) is 0 Å². The van der Waals surface area contributed by atoms with Crippen molar-refractivity contribution in [1.82, 2.24) is 15.3 Å². The van der Waals surface area contributed by atoms with Crippen LogP contribution in [0, 0.1) is 5.41 Å². The van der Waals surface area contributed by atoms with Gasteiger partial charge in [-0.1, -0.05) is 30.3 Å². The first kappa shape index (κ1) is 23.9. The zero-order chi connectivity index (χ0) is 25.3. The molecule has 4 N–H and O–H groups in total. The molecule has 0 radical (unpaired) electrons. The number of nitrogen functional groups attached to an aromatic ring is 1. The third-order valence-corrected chi connectivity index (χ3v) is 7.71. The molecule has 36 heavy (non-hydrogen) atoms. The van der Waals surface area contributed by atoms with Gasteiger partial charge in [-0.15, -0.1) is 11.3 Å². The van der Waals surface area contributed by atoms with Gasteiger partial charge in [-0.2, -0.15) is 0 Å². The molecule has 1 aliphatic heterocycles. The second kappa shape index (κ2) is 9.67. The highest BCUT2D eigenvalue weighted by atomic mass is 32.1. The van der Waals surface area contributed by atoms with Crippen LogP contribution in [0.5, 0.6) is 0 Å². The average Bonchev–Trinajstić information content (AvgIpc) is 3.34. The number of fused-ring (bicyclic) bond motifs is 1. The maximum Gasteiger partial charge on any atom is 0.251 e. The van der Waals surface area contributed by atoms with Gasteiger partial charge in [0, 0.05) is 46.6 Å². The molecule has 4 aromatic rings. The number of carbonyl (C=O) groups excluding carboxylic acids is 1. The lowest BCUT2D eigenvalue weighted by atomic mass is 10.0. The summed E-state index contributed by atoms with van der Waals surface area (Å²) in [5.41, 5.74) is 8.74. The molecule has 0 atom stereocenters. The molecule has 3 heterocycles. The Morgan fingerprint density at radius 3 is 2.61 bits per heavy atom. The summed E-state index contributed by atoms with van der Waals surface area (Å²) in [7, 11) is 0. The molecule has 2 aromatic carbocycles. The Bertz CT molecular complexity index is 1430. The first-order valence-corrected chi connectivity index (χ1v) is 12.6. The maximum atomic E-state index is 12.9. The Balaban J connectivity index is 1.61. The summed E-state index contributed by atoms with van der Waals surface area (Å²) in [6.07, 6.45) is 1.24. The zero-order valence-electron chi connectivity index (χ0n) is 20.2. The minimum Gasteiger partial charge on any atom is -0.398 e. The van der Waals surface area contributed by atoms with Crippen LogP contribution in [0.4, 0.5) is 11.5 Å². The van der Waals surface area contributed by atoms with E-state index >= 15 is 0 Å². The first-order chi connectivity index (χ1) is 17.4. The van der Waals surface area contributed by atoms with Gasteiger partial charge >= 0.3 is 0 Å². The molecule has 1 amide bonds. The highest BCUT2D eigenvalue weighted by Crippen LogP contribution is 2.39. The van der Waals surface area contributed by atoms with Gasteiger partial charge in [0.2, 0.25) is 0 Å². The van der Waals surface area contributed by atoms with Gasteiger partial charge in [0.1, 0.15) is 0 Å². The summed E-state index contributed by atoms with van der Waals surface area (Å²) in [4.78, 5) is 26.0. The maximum absolute atomic E-state index is 12.9. The van der Waals surface area contributed by atoms with Crippen LogP contribution in [0.1, 0.15) is 34.6 Å². The smallest absolute Gasteiger partial charge is 0.251 e. The lowest BCUT2D eigenvalue weighted by Crippen LogP contribution is -2.40. The standard InChI is InChI=1S/C27H28N6O2S/c1-27(2,32-26(34)17-7-4-3-5-8-17)22-15-21-23(36-22)25(33-11-13-35-14-12-33)31-24(30-21)18-9-6-10-20(29)19(18)16-28/h3-10,15-16,28H,11-14,29H2,1-2H3,(H,32,34). The van der Waals surface area contributed by atoms with Crippen LogP contribution in [0.25, 0.3) is 21.6 Å². The number of hydrogen-bond acceptors (Lipinski definition) is 8. The summed E-state index contributed by atoms with van der Waals surface area (Å²) < 4.78 is 6.53. The third-order valence-electron chi connectivity index (χ3n) is 6.27. The molecule has 9 heteroatoms. The average molecular weight is 501 g/mol. The van der Waals surface area contributed by atoms with Gasteiger partial charge in [-0.3, -0.25) is 4.79 Å². The number of nitrogens with zero attached hydrogens (tertiary/aromatic N) is 3. The van der Waals surface area contributed by atoms with Crippen molar-refractivity contribution in [1.29, 1.82) is 5.41 Å². The van der Waals surface area contributed by atoms with E-state index in [9.17, 15) is 4.79 Å². The summed E-state index contributed by atoms with van der Waals surface area (Å²) in [5.74, 6) is 1.22. The molecule has 0 bridgehead atoms. The fourth-order valence-corrected chi connectivity index (χ4v) is 5.45. The molecule has 0 unspecified atom stereocenters. The van der Waals surface area contributed by atoms with E-state index in [1.807, 2.05) is 50.2 Å². The number of anilines is 2. The van der Waals surface area contributed by atoms with Crippen LogP contribution < -0.4 is 16.0 Å². The minimum atomic E-state index is -0.627. The molecule has 1 fully saturated rings. The fraction of sp³-hybridized carbons (Fsp3) is 0.259. The van der Waals surface area contributed by atoms with Gasteiger partial charge in [0.25, 0.3) is 5.91 Å². The zero-order valence-corrected chi connectivity index (χ0v) is 21.1. The lowest BCUT2D eigenvalue weighted by Gasteiger charge is -2.28. The predicted octanol–water partition coefficient (Wildman–Crippen LogP) is 4.44. The molecule has 5 rings (SSSR count). The van der Waals surface area contributed by atoms with E-state index in [-0.39, 0.29) is 5.91 Å². The topological polar surface area (TPSA) is 117 Å². The normalized spacial score (nSPS) is 14.1. The quantitative estimate of drug-likeness (QED) is 0.266. The van der Waals surface area contributed by atoms with Gasteiger partial charge < -0.3 is 26.1 Å². The Hall–Kier alpha value is -3.82. The van der Waals surface area contributed by atoms with Crippen molar-refractivity contribution in [3.63, 3.8) is 0 Å². The van der Waals surface area contributed by atoms with Crippen molar-refractivity contribution in [3.8, 4) is 11.4 Å². The molecular weight excluding hydrogens is 472 g/mol. The summed E-state index contributed by atoms with van der Waals surface area (Å²) >= 11 is 1.59. The number of thiophene rings is 1. The van der Waals surface area contributed by atoms with Crippen molar-refractivity contribution in [2.75, 3.05) is 36.9 Å². The minimum absolute atomic E-state index is 0.131. The molecule has 8 nitrogen and oxygen atoms in total. The lowest BCUT2D eigenvalue weighted by molar-refractivity contribution is 0.0913. The summed E-state index contributed by atoms with van der Waals surface area (Å²) in [5, 5.41) is 11.0. The van der Waals surface area contributed by atoms with Crippen LogP contribution >= 0.6 is 11.3 Å². The van der Waals surface area contributed by atoms with E-state index in [2.05, 4.69) is 10.2 Å². The molecule has 2 aromatic heterocycles. The van der Waals surface area contributed by atoms with Gasteiger partial charge in [-0.05, 0) is 38.1 Å². The molecule has 0 saturated carbocycles. The Morgan fingerprint density at radius 2 is 1.89 bits per heavy atom.